The molecular weight excluding hydrogens is 735 g/mol. The molecule has 12 aromatic carbocycles. The van der Waals surface area contributed by atoms with Crippen LogP contribution in [0.4, 0.5) is 0 Å². The second-order valence-electron chi connectivity index (χ2n) is 16.3. The van der Waals surface area contributed by atoms with E-state index >= 15 is 0 Å². The van der Waals surface area contributed by atoms with E-state index in [0.717, 1.165) is 5.69 Å². The highest BCUT2D eigenvalue weighted by atomic mass is 15.0. The second kappa shape index (κ2) is 13.3. The van der Waals surface area contributed by atoms with Gasteiger partial charge in [0.15, 0.2) is 0 Å². The zero-order valence-corrected chi connectivity index (χ0v) is 33.3. The molecule has 1 aromatic heterocycles. The standard InChI is InChI=1S/C60H37N/c1-5-20-38(21-6-1)42-34-19-35-47-45-30-13-14-31-46(45)50-37-53-52(36-51(50)56(42)47)59-54(39-22-7-2-8-23-39)57-48-32-17-15-28-43(48)44-29-16-18-33-49(44)58(57)55(40-24-9-3-10-25-40)60(59)61(53)41-26-11-4-12-27-41/h1-37H. The Morgan fingerprint density at radius 1 is 0.246 bits per heavy atom. The van der Waals surface area contributed by atoms with Crippen LogP contribution in [0.25, 0.3) is 126 Å². The van der Waals surface area contributed by atoms with Crippen molar-refractivity contribution in [2.24, 2.45) is 0 Å². The summed E-state index contributed by atoms with van der Waals surface area (Å²) in [5, 5.41) is 17.7. The van der Waals surface area contributed by atoms with Crippen LogP contribution in [0.5, 0.6) is 0 Å². The van der Waals surface area contributed by atoms with Crippen LogP contribution in [0, 0.1) is 0 Å². The highest BCUT2D eigenvalue weighted by Crippen LogP contribution is 2.54. The zero-order valence-electron chi connectivity index (χ0n) is 33.3. The lowest BCUT2D eigenvalue weighted by Gasteiger charge is -2.21. The molecule has 0 aliphatic heterocycles. The van der Waals surface area contributed by atoms with Crippen LogP contribution < -0.4 is 0 Å². The lowest BCUT2D eigenvalue weighted by molar-refractivity contribution is 1.18. The molecular formula is C60H37N. The summed E-state index contributed by atoms with van der Waals surface area (Å²) in [4.78, 5) is 0. The van der Waals surface area contributed by atoms with Gasteiger partial charge in [0.25, 0.3) is 0 Å². The van der Waals surface area contributed by atoms with Gasteiger partial charge in [0.2, 0.25) is 0 Å². The lowest BCUT2D eigenvalue weighted by atomic mass is 9.82. The van der Waals surface area contributed by atoms with Gasteiger partial charge in [-0.05, 0) is 106 Å². The molecule has 0 fully saturated rings. The fraction of sp³-hybridized carbons (Fsp3) is 0. The first-order valence-electron chi connectivity index (χ1n) is 21.2. The van der Waals surface area contributed by atoms with E-state index in [2.05, 4.69) is 229 Å². The molecule has 0 spiro atoms. The van der Waals surface area contributed by atoms with Crippen molar-refractivity contribution in [1.29, 1.82) is 0 Å². The van der Waals surface area contributed by atoms with Crippen molar-refractivity contribution in [3.05, 3.63) is 224 Å². The van der Waals surface area contributed by atoms with Gasteiger partial charge in [-0.3, -0.25) is 0 Å². The van der Waals surface area contributed by atoms with E-state index in [-0.39, 0.29) is 0 Å². The van der Waals surface area contributed by atoms with Crippen molar-refractivity contribution in [2.45, 2.75) is 0 Å². The predicted molar refractivity (Wildman–Crippen MR) is 262 cm³/mol. The maximum atomic E-state index is 2.57. The molecule has 1 heterocycles. The van der Waals surface area contributed by atoms with Crippen LogP contribution in [0.15, 0.2) is 224 Å². The molecule has 0 aliphatic carbocycles. The van der Waals surface area contributed by atoms with Crippen LogP contribution in [-0.4, -0.2) is 4.57 Å². The Morgan fingerprint density at radius 3 is 1.25 bits per heavy atom. The third kappa shape index (κ3) is 4.89. The first-order valence-corrected chi connectivity index (χ1v) is 21.2. The Balaban J connectivity index is 1.39. The molecule has 0 saturated carbocycles. The van der Waals surface area contributed by atoms with Crippen LogP contribution in [-0.2, 0) is 0 Å². The fourth-order valence-corrected chi connectivity index (χ4v) is 10.7. The van der Waals surface area contributed by atoms with Crippen LogP contribution in [0.2, 0.25) is 0 Å². The topological polar surface area (TPSA) is 4.93 Å². The van der Waals surface area contributed by atoms with Crippen LogP contribution >= 0.6 is 0 Å². The maximum Gasteiger partial charge on any atom is 0.0632 e. The van der Waals surface area contributed by atoms with Gasteiger partial charge in [-0.1, -0.05) is 200 Å². The molecule has 0 unspecified atom stereocenters. The lowest BCUT2D eigenvalue weighted by Crippen LogP contribution is -1.98. The highest BCUT2D eigenvalue weighted by molar-refractivity contribution is 6.40. The van der Waals surface area contributed by atoms with E-state index in [1.807, 2.05) is 0 Å². The molecule has 0 saturated heterocycles. The van der Waals surface area contributed by atoms with Gasteiger partial charge in [-0.15, -0.1) is 0 Å². The molecule has 1 nitrogen and oxygen atoms in total. The molecule has 0 aliphatic rings. The van der Waals surface area contributed by atoms with E-state index in [9.17, 15) is 0 Å². The molecule has 0 amide bonds. The Morgan fingerprint density at radius 2 is 0.672 bits per heavy atom. The number of rotatable bonds is 4. The van der Waals surface area contributed by atoms with Crippen molar-refractivity contribution < 1.29 is 0 Å². The number of aromatic nitrogens is 1. The van der Waals surface area contributed by atoms with Crippen molar-refractivity contribution in [2.75, 3.05) is 0 Å². The summed E-state index contributed by atoms with van der Waals surface area (Å²) in [6.45, 7) is 0. The molecule has 0 radical (unpaired) electrons. The zero-order chi connectivity index (χ0) is 40.0. The minimum absolute atomic E-state index is 1.14. The quantitative estimate of drug-likeness (QED) is 0.157. The van der Waals surface area contributed by atoms with Crippen molar-refractivity contribution >= 4 is 86.4 Å². The molecule has 0 N–H and O–H groups in total. The van der Waals surface area contributed by atoms with Crippen LogP contribution in [0.1, 0.15) is 0 Å². The van der Waals surface area contributed by atoms with Gasteiger partial charge < -0.3 is 4.57 Å². The smallest absolute Gasteiger partial charge is 0.0632 e. The van der Waals surface area contributed by atoms with Gasteiger partial charge in [0.05, 0.1) is 11.0 Å². The minimum atomic E-state index is 1.14. The largest absolute Gasteiger partial charge is 0.309 e. The maximum absolute atomic E-state index is 2.57. The highest BCUT2D eigenvalue weighted by Gasteiger charge is 2.28. The summed E-state index contributed by atoms with van der Waals surface area (Å²) in [6.07, 6.45) is 0. The summed E-state index contributed by atoms with van der Waals surface area (Å²) in [5.74, 6) is 0. The number of fused-ring (bicyclic) bond motifs is 15. The van der Waals surface area contributed by atoms with Gasteiger partial charge in [0, 0.05) is 33.0 Å². The van der Waals surface area contributed by atoms with E-state index in [1.165, 1.54) is 120 Å². The predicted octanol–water partition coefficient (Wildman–Crippen LogP) is 16.7. The molecule has 61 heavy (non-hydrogen) atoms. The summed E-state index contributed by atoms with van der Waals surface area (Å²) in [5.41, 5.74) is 10.9. The van der Waals surface area contributed by atoms with Crippen molar-refractivity contribution in [3.63, 3.8) is 0 Å². The third-order valence-electron chi connectivity index (χ3n) is 13.1. The number of benzene rings is 12. The summed E-state index contributed by atoms with van der Waals surface area (Å²) in [6, 6.07) is 83.1. The average Bonchev–Trinajstić information content (AvgIpc) is 3.67. The molecule has 13 rings (SSSR count). The molecule has 282 valence electrons. The Kier molecular flexibility index (Phi) is 7.37. The van der Waals surface area contributed by atoms with E-state index < -0.39 is 0 Å². The second-order valence-corrected chi connectivity index (χ2v) is 16.3. The van der Waals surface area contributed by atoms with E-state index in [1.54, 1.807) is 0 Å². The average molecular weight is 772 g/mol. The van der Waals surface area contributed by atoms with Crippen molar-refractivity contribution in [3.8, 4) is 39.1 Å². The first-order chi connectivity index (χ1) is 30.3. The van der Waals surface area contributed by atoms with Crippen LogP contribution in [0.3, 0.4) is 0 Å². The summed E-state index contributed by atoms with van der Waals surface area (Å²) in [7, 11) is 0. The molecule has 0 bridgehead atoms. The van der Waals surface area contributed by atoms with Gasteiger partial charge >= 0.3 is 0 Å². The number of para-hydroxylation sites is 1. The van der Waals surface area contributed by atoms with Gasteiger partial charge in [-0.2, -0.15) is 0 Å². The SMILES string of the molecule is c1ccc(-c2cccc3c4ccccc4c4cc5c(cc4c23)c2c(-c3ccccc3)c3c4ccccc4c4ccccc4c3c(-c3ccccc3)c2n5-c2ccccc2)cc1. The van der Waals surface area contributed by atoms with E-state index in [4.69, 9.17) is 0 Å². The minimum Gasteiger partial charge on any atom is -0.309 e. The monoisotopic (exact) mass is 771 g/mol. The third-order valence-corrected chi connectivity index (χ3v) is 13.1. The summed E-state index contributed by atoms with van der Waals surface area (Å²) >= 11 is 0. The molecule has 0 atom stereocenters. The van der Waals surface area contributed by atoms with E-state index in [0.29, 0.717) is 0 Å². The number of hydrogen-bond donors (Lipinski definition) is 0. The summed E-state index contributed by atoms with van der Waals surface area (Å²) < 4.78 is 2.57. The van der Waals surface area contributed by atoms with Gasteiger partial charge in [-0.25, -0.2) is 0 Å². The normalized spacial score (nSPS) is 11.9. The number of nitrogens with zero attached hydrogens (tertiary/aromatic N) is 1. The van der Waals surface area contributed by atoms with Crippen molar-refractivity contribution in [1.82, 2.24) is 4.57 Å². The fourth-order valence-electron chi connectivity index (χ4n) is 10.7. The Bertz CT molecular complexity index is 3880. The molecule has 13 aromatic rings. The number of hydrogen-bond acceptors (Lipinski definition) is 0. The van der Waals surface area contributed by atoms with Gasteiger partial charge in [0.1, 0.15) is 0 Å². The molecule has 1 heteroatoms. The first kappa shape index (κ1) is 33.9. The Labute approximate surface area is 353 Å². The Hall–Kier alpha value is -8.00.